The number of rotatable bonds is 5. The Morgan fingerprint density at radius 3 is 2.00 bits per heavy atom. The highest BCUT2D eigenvalue weighted by Gasteiger charge is 2.07. The SMILES string of the molecule is Cc1cc(CCl)cc(C)c1OCc1ccc(C(C)C)cc1. The zero-order valence-corrected chi connectivity index (χ0v) is 14.0. The van der Waals surface area contributed by atoms with Crippen molar-refractivity contribution in [1.29, 1.82) is 0 Å². The van der Waals surface area contributed by atoms with E-state index in [1.54, 1.807) is 0 Å². The number of halogens is 1. The topological polar surface area (TPSA) is 9.23 Å². The summed E-state index contributed by atoms with van der Waals surface area (Å²) in [6.45, 7) is 9.15. The molecule has 0 bridgehead atoms. The molecule has 0 aliphatic carbocycles. The van der Waals surface area contributed by atoms with E-state index < -0.39 is 0 Å². The highest BCUT2D eigenvalue weighted by Crippen LogP contribution is 2.26. The minimum atomic E-state index is 0.540. The van der Waals surface area contributed by atoms with Gasteiger partial charge >= 0.3 is 0 Å². The molecule has 1 nitrogen and oxygen atoms in total. The Bertz CT molecular complexity index is 576. The van der Waals surface area contributed by atoms with Crippen LogP contribution in [0.2, 0.25) is 0 Å². The Morgan fingerprint density at radius 1 is 0.952 bits per heavy atom. The second-order valence-electron chi connectivity index (χ2n) is 5.88. The molecule has 0 N–H and O–H groups in total. The molecule has 2 aromatic carbocycles. The van der Waals surface area contributed by atoms with Crippen LogP contribution in [0.25, 0.3) is 0 Å². The first kappa shape index (κ1) is 15.9. The molecule has 0 heterocycles. The van der Waals surface area contributed by atoms with Crippen molar-refractivity contribution in [1.82, 2.24) is 0 Å². The van der Waals surface area contributed by atoms with Gasteiger partial charge in [0.05, 0.1) is 0 Å². The normalized spacial score (nSPS) is 11.0. The summed E-state index contributed by atoms with van der Waals surface area (Å²) in [6, 6.07) is 12.8. The Morgan fingerprint density at radius 2 is 1.52 bits per heavy atom. The number of aryl methyl sites for hydroxylation is 2. The van der Waals surface area contributed by atoms with Gasteiger partial charge in [-0.2, -0.15) is 0 Å². The van der Waals surface area contributed by atoms with Gasteiger partial charge in [-0.25, -0.2) is 0 Å². The first-order chi connectivity index (χ1) is 10.0. The lowest BCUT2D eigenvalue weighted by molar-refractivity contribution is 0.302. The lowest BCUT2D eigenvalue weighted by Crippen LogP contribution is -2.00. The molecule has 0 aromatic heterocycles. The van der Waals surface area contributed by atoms with Crippen LogP contribution in [0.1, 0.15) is 47.6 Å². The molecule has 0 aliphatic rings. The van der Waals surface area contributed by atoms with Crippen LogP contribution in [0.3, 0.4) is 0 Å². The van der Waals surface area contributed by atoms with Gasteiger partial charge in [0.25, 0.3) is 0 Å². The molecule has 0 unspecified atom stereocenters. The fraction of sp³-hybridized carbons (Fsp3) is 0.368. The molecule has 112 valence electrons. The van der Waals surface area contributed by atoms with Gasteiger partial charge in [0.1, 0.15) is 12.4 Å². The summed E-state index contributed by atoms with van der Waals surface area (Å²) in [5.74, 6) is 2.07. The maximum absolute atomic E-state index is 6.01. The van der Waals surface area contributed by atoms with Crippen LogP contribution in [0.4, 0.5) is 0 Å². The van der Waals surface area contributed by atoms with Crippen LogP contribution >= 0.6 is 11.6 Å². The molecule has 0 saturated heterocycles. The number of benzene rings is 2. The predicted molar refractivity (Wildman–Crippen MR) is 90.3 cm³/mol. The van der Waals surface area contributed by atoms with Gasteiger partial charge in [-0.3, -0.25) is 0 Å². The summed E-state index contributed by atoms with van der Waals surface area (Å²) in [5, 5.41) is 0. The molecule has 2 heteroatoms. The summed E-state index contributed by atoms with van der Waals surface area (Å²) in [6.07, 6.45) is 0. The molecular weight excluding hydrogens is 280 g/mol. The average molecular weight is 303 g/mol. The third-order valence-electron chi connectivity index (χ3n) is 3.70. The zero-order chi connectivity index (χ0) is 15.4. The molecule has 2 aromatic rings. The van der Waals surface area contributed by atoms with E-state index in [9.17, 15) is 0 Å². The van der Waals surface area contributed by atoms with E-state index in [0.29, 0.717) is 18.4 Å². The van der Waals surface area contributed by atoms with Gasteiger partial charge < -0.3 is 4.74 Å². The van der Waals surface area contributed by atoms with Gasteiger partial charge in [0.2, 0.25) is 0 Å². The van der Waals surface area contributed by atoms with Crippen LogP contribution in [0, 0.1) is 13.8 Å². The molecule has 0 fully saturated rings. The van der Waals surface area contributed by atoms with Crippen molar-refractivity contribution in [3.63, 3.8) is 0 Å². The molecule has 0 atom stereocenters. The van der Waals surface area contributed by atoms with Crippen LogP contribution < -0.4 is 4.74 Å². The predicted octanol–water partition coefficient (Wildman–Crippen LogP) is 5.74. The third kappa shape index (κ3) is 4.01. The minimum Gasteiger partial charge on any atom is -0.488 e. The van der Waals surface area contributed by atoms with Gasteiger partial charge in [-0.15, -0.1) is 11.6 Å². The number of hydrogen-bond acceptors (Lipinski definition) is 1. The zero-order valence-electron chi connectivity index (χ0n) is 13.2. The van der Waals surface area contributed by atoms with E-state index >= 15 is 0 Å². The summed E-state index contributed by atoms with van der Waals surface area (Å²) in [4.78, 5) is 0. The number of ether oxygens (including phenoxy) is 1. The Labute approximate surface area is 132 Å². The van der Waals surface area contributed by atoms with Gasteiger partial charge in [0.15, 0.2) is 0 Å². The minimum absolute atomic E-state index is 0.540. The van der Waals surface area contributed by atoms with Crippen molar-refractivity contribution < 1.29 is 4.74 Å². The highest BCUT2D eigenvalue weighted by atomic mass is 35.5. The van der Waals surface area contributed by atoms with Crippen molar-refractivity contribution in [3.8, 4) is 5.75 Å². The first-order valence-corrected chi connectivity index (χ1v) is 7.92. The van der Waals surface area contributed by atoms with E-state index in [2.05, 4.69) is 64.1 Å². The molecule has 2 rings (SSSR count). The average Bonchev–Trinajstić information content (AvgIpc) is 2.46. The van der Waals surface area contributed by atoms with Crippen molar-refractivity contribution in [2.24, 2.45) is 0 Å². The summed E-state index contributed by atoms with van der Waals surface area (Å²) in [7, 11) is 0. The van der Waals surface area contributed by atoms with Crippen molar-refractivity contribution in [2.45, 2.75) is 46.1 Å². The maximum atomic E-state index is 6.01. The lowest BCUT2D eigenvalue weighted by Gasteiger charge is -2.14. The van der Waals surface area contributed by atoms with Crippen molar-refractivity contribution >= 4 is 11.6 Å². The monoisotopic (exact) mass is 302 g/mol. The Kier molecular flexibility index (Phi) is 5.30. The van der Waals surface area contributed by atoms with E-state index in [1.165, 1.54) is 11.1 Å². The molecule has 0 radical (unpaired) electrons. The molecule has 0 aliphatic heterocycles. The fourth-order valence-corrected chi connectivity index (χ4v) is 2.65. The fourth-order valence-electron chi connectivity index (χ4n) is 2.50. The van der Waals surface area contributed by atoms with E-state index in [4.69, 9.17) is 16.3 Å². The molecule has 0 spiro atoms. The molecule has 21 heavy (non-hydrogen) atoms. The summed E-state index contributed by atoms with van der Waals surface area (Å²) < 4.78 is 6.01. The number of hydrogen-bond donors (Lipinski definition) is 0. The molecular formula is C19H23ClO. The Hall–Kier alpha value is -1.47. The second kappa shape index (κ2) is 7.00. The van der Waals surface area contributed by atoms with Crippen LogP contribution in [0.15, 0.2) is 36.4 Å². The van der Waals surface area contributed by atoms with Crippen LogP contribution in [-0.4, -0.2) is 0 Å². The first-order valence-electron chi connectivity index (χ1n) is 7.39. The van der Waals surface area contributed by atoms with Crippen molar-refractivity contribution in [2.75, 3.05) is 0 Å². The molecule has 0 amide bonds. The summed E-state index contributed by atoms with van der Waals surface area (Å²) in [5.41, 5.74) is 5.98. The smallest absolute Gasteiger partial charge is 0.125 e. The molecule has 0 saturated carbocycles. The quantitative estimate of drug-likeness (QED) is 0.639. The van der Waals surface area contributed by atoms with Crippen LogP contribution in [0.5, 0.6) is 5.75 Å². The van der Waals surface area contributed by atoms with Crippen LogP contribution in [-0.2, 0) is 12.5 Å². The lowest BCUT2D eigenvalue weighted by atomic mass is 10.0. The van der Waals surface area contributed by atoms with E-state index in [-0.39, 0.29) is 0 Å². The maximum Gasteiger partial charge on any atom is 0.125 e. The van der Waals surface area contributed by atoms with E-state index in [0.717, 1.165) is 22.4 Å². The largest absolute Gasteiger partial charge is 0.488 e. The van der Waals surface area contributed by atoms with E-state index in [1.807, 2.05) is 0 Å². The van der Waals surface area contributed by atoms with Crippen molar-refractivity contribution in [3.05, 3.63) is 64.2 Å². The number of alkyl halides is 1. The highest BCUT2D eigenvalue weighted by molar-refractivity contribution is 6.17. The standard InChI is InChI=1S/C19H23ClO/c1-13(2)18-7-5-16(6-8-18)12-21-19-14(3)9-17(11-20)10-15(19)4/h5-10,13H,11-12H2,1-4H3. The second-order valence-corrected chi connectivity index (χ2v) is 6.14. The van der Waals surface area contributed by atoms with Gasteiger partial charge in [0, 0.05) is 5.88 Å². The summed E-state index contributed by atoms with van der Waals surface area (Å²) >= 11 is 5.90. The Balaban J connectivity index is 2.09. The third-order valence-corrected chi connectivity index (χ3v) is 4.01. The van der Waals surface area contributed by atoms with Gasteiger partial charge in [-0.05, 0) is 47.6 Å². The van der Waals surface area contributed by atoms with Gasteiger partial charge in [-0.1, -0.05) is 50.2 Å².